The SMILES string of the molecule is CC(=O)SCCC#Cc1[nH]nc2ccc([N+](=O)[O-])cc12. The van der Waals surface area contributed by atoms with Gasteiger partial charge < -0.3 is 0 Å². The number of fused-ring (bicyclic) bond motifs is 1. The maximum atomic E-state index is 10.7. The van der Waals surface area contributed by atoms with Gasteiger partial charge in [-0.05, 0) is 12.0 Å². The zero-order valence-electron chi connectivity index (χ0n) is 10.7. The van der Waals surface area contributed by atoms with Crippen molar-refractivity contribution in [3.8, 4) is 11.8 Å². The summed E-state index contributed by atoms with van der Waals surface area (Å²) in [6, 6.07) is 4.44. The van der Waals surface area contributed by atoms with Crippen LogP contribution in [0.1, 0.15) is 19.0 Å². The van der Waals surface area contributed by atoms with Gasteiger partial charge in [-0.25, -0.2) is 0 Å². The fraction of sp³-hybridized carbons (Fsp3) is 0.231. The van der Waals surface area contributed by atoms with Gasteiger partial charge in [0.1, 0.15) is 5.69 Å². The number of H-pyrrole nitrogens is 1. The van der Waals surface area contributed by atoms with Crippen LogP contribution in [0.3, 0.4) is 0 Å². The molecule has 0 radical (unpaired) electrons. The Hall–Kier alpha value is -2.33. The zero-order chi connectivity index (χ0) is 14.5. The lowest BCUT2D eigenvalue weighted by atomic mass is 10.2. The van der Waals surface area contributed by atoms with Crippen molar-refractivity contribution < 1.29 is 9.72 Å². The topological polar surface area (TPSA) is 88.9 Å². The predicted octanol–water partition coefficient (Wildman–Crippen LogP) is 2.49. The maximum Gasteiger partial charge on any atom is 0.270 e. The highest BCUT2D eigenvalue weighted by Gasteiger charge is 2.10. The third kappa shape index (κ3) is 3.36. The maximum absolute atomic E-state index is 10.7. The standard InChI is InChI=1S/C13H11N3O3S/c1-9(17)20-7-3-2-4-12-11-8-10(16(18)19)5-6-13(11)15-14-12/h5-6,8H,3,7H2,1H3,(H,14,15). The molecule has 0 saturated carbocycles. The molecule has 102 valence electrons. The van der Waals surface area contributed by atoms with Gasteiger partial charge in [-0.15, -0.1) is 0 Å². The Morgan fingerprint density at radius 1 is 1.55 bits per heavy atom. The molecule has 1 aromatic carbocycles. The summed E-state index contributed by atoms with van der Waals surface area (Å²) in [5, 5.41) is 18.2. The molecule has 0 spiro atoms. The minimum Gasteiger partial charge on any atom is -0.288 e. The van der Waals surface area contributed by atoms with E-state index >= 15 is 0 Å². The van der Waals surface area contributed by atoms with E-state index in [0.29, 0.717) is 28.8 Å². The Labute approximate surface area is 119 Å². The number of rotatable bonds is 3. The van der Waals surface area contributed by atoms with Crippen LogP contribution in [0.4, 0.5) is 5.69 Å². The highest BCUT2D eigenvalue weighted by Crippen LogP contribution is 2.21. The predicted molar refractivity (Wildman–Crippen MR) is 77.4 cm³/mol. The van der Waals surface area contributed by atoms with Crippen molar-refractivity contribution in [2.24, 2.45) is 0 Å². The van der Waals surface area contributed by atoms with Gasteiger partial charge in [0.2, 0.25) is 0 Å². The van der Waals surface area contributed by atoms with E-state index in [1.54, 1.807) is 6.07 Å². The Balaban J connectivity index is 2.18. The third-order valence-corrected chi connectivity index (χ3v) is 3.31. The zero-order valence-corrected chi connectivity index (χ0v) is 11.5. The monoisotopic (exact) mass is 289 g/mol. The summed E-state index contributed by atoms with van der Waals surface area (Å²) in [6.07, 6.45) is 0.569. The van der Waals surface area contributed by atoms with E-state index in [9.17, 15) is 14.9 Å². The highest BCUT2D eigenvalue weighted by molar-refractivity contribution is 8.13. The molecule has 0 aliphatic heterocycles. The second-order valence-corrected chi connectivity index (χ2v) is 5.22. The largest absolute Gasteiger partial charge is 0.288 e. The normalized spacial score (nSPS) is 10.1. The molecule has 0 aliphatic rings. The first-order valence-electron chi connectivity index (χ1n) is 5.82. The quantitative estimate of drug-likeness (QED) is 0.406. The summed E-state index contributed by atoms with van der Waals surface area (Å²) in [4.78, 5) is 21.0. The molecule has 1 heterocycles. The van der Waals surface area contributed by atoms with Crippen molar-refractivity contribution >= 4 is 33.5 Å². The molecule has 2 aromatic rings. The number of nitrogens with one attached hydrogen (secondary N) is 1. The fourth-order valence-corrected chi connectivity index (χ4v) is 2.10. The molecule has 0 saturated heterocycles. The first-order valence-corrected chi connectivity index (χ1v) is 6.81. The van der Waals surface area contributed by atoms with Gasteiger partial charge in [0, 0.05) is 36.6 Å². The Morgan fingerprint density at radius 2 is 2.35 bits per heavy atom. The van der Waals surface area contributed by atoms with E-state index in [0.717, 1.165) is 0 Å². The van der Waals surface area contributed by atoms with Gasteiger partial charge in [-0.1, -0.05) is 17.7 Å². The molecule has 1 aromatic heterocycles. The van der Waals surface area contributed by atoms with Gasteiger partial charge in [0.05, 0.1) is 10.4 Å². The number of non-ortho nitro benzene ring substituents is 1. The Kier molecular flexibility index (Phi) is 4.38. The number of carbonyl (C=O) groups excluding carboxylic acids is 1. The van der Waals surface area contributed by atoms with Crippen molar-refractivity contribution in [3.05, 3.63) is 34.0 Å². The van der Waals surface area contributed by atoms with Crippen LogP contribution in [-0.4, -0.2) is 26.0 Å². The van der Waals surface area contributed by atoms with Gasteiger partial charge in [-0.2, -0.15) is 5.10 Å². The summed E-state index contributed by atoms with van der Waals surface area (Å²) in [7, 11) is 0. The molecule has 0 aliphatic carbocycles. The van der Waals surface area contributed by atoms with E-state index in [1.807, 2.05) is 0 Å². The molecule has 20 heavy (non-hydrogen) atoms. The second kappa shape index (κ2) is 6.21. The number of nitro benzene ring substituents is 1. The van der Waals surface area contributed by atoms with E-state index in [-0.39, 0.29) is 10.8 Å². The van der Waals surface area contributed by atoms with Crippen LogP contribution >= 0.6 is 11.8 Å². The lowest BCUT2D eigenvalue weighted by molar-refractivity contribution is -0.384. The third-order valence-electron chi connectivity index (χ3n) is 2.49. The van der Waals surface area contributed by atoms with Crippen LogP contribution in [0.25, 0.3) is 10.9 Å². The fourth-order valence-electron chi connectivity index (χ4n) is 1.60. The molecule has 6 nitrogen and oxygen atoms in total. The number of aromatic nitrogens is 2. The van der Waals surface area contributed by atoms with Crippen LogP contribution < -0.4 is 0 Å². The Bertz CT molecular complexity index is 727. The summed E-state index contributed by atoms with van der Waals surface area (Å²) in [5.74, 6) is 6.45. The molecule has 2 rings (SSSR count). The van der Waals surface area contributed by atoms with Crippen LogP contribution in [-0.2, 0) is 4.79 Å². The van der Waals surface area contributed by atoms with Gasteiger partial charge in [0.25, 0.3) is 5.69 Å². The van der Waals surface area contributed by atoms with Crippen molar-refractivity contribution in [3.63, 3.8) is 0 Å². The van der Waals surface area contributed by atoms with E-state index in [2.05, 4.69) is 22.0 Å². The molecule has 1 N–H and O–H groups in total. The van der Waals surface area contributed by atoms with Crippen molar-refractivity contribution in [2.45, 2.75) is 13.3 Å². The average molecular weight is 289 g/mol. The van der Waals surface area contributed by atoms with Crippen molar-refractivity contribution in [1.29, 1.82) is 0 Å². The molecular formula is C13H11N3O3S. The number of nitrogens with zero attached hydrogens (tertiary/aromatic N) is 2. The molecule has 0 fully saturated rings. The van der Waals surface area contributed by atoms with Gasteiger partial charge in [0.15, 0.2) is 5.12 Å². The van der Waals surface area contributed by atoms with E-state index < -0.39 is 4.92 Å². The first kappa shape index (κ1) is 14.1. The number of thioether (sulfide) groups is 1. The average Bonchev–Trinajstić information content (AvgIpc) is 2.80. The molecule has 7 heteroatoms. The van der Waals surface area contributed by atoms with Gasteiger partial charge in [-0.3, -0.25) is 20.0 Å². The summed E-state index contributed by atoms with van der Waals surface area (Å²) in [6.45, 7) is 1.51. The van der Waals surface area contributed by atoms with Crippen LogP contribution in [0.5, 0.6) is 0 Å². The van der Waals surface area contributed by atoms with Crippen LogP contribution in [0.2, 0.25) is 0 Å². The van der Waals surface area contributed by atoms with Gasteiger partial charge >= 0.3 is 0 Å². The molecular weight excluding hydrogens is 278 g/mol. The first-order chi connectivity index (χ1) is 9.58. The minimum atomic E-state index is -0.451. The van der Waals surface area contributed by atoms with Crippen LogP contribution in [0.15, 0.2) is 18.2 Å². The minimum absolute atomic E-state index is 0.00841. The summed E-state index contributed by atoms with van der Waals surface area (Å²) < 4.78 is 0. The van der Waals surface area contributed by atoms with E-state index in [4.69, 9.17) is 0 Å². The van der Waals surface area contributed by atoms with Crippen LogP contribution in [0, 0.1) is 22.0 Å². The number of aromatic amines is 1. The smallest absolute Gasteiger partial charge is 0.270 e. The highest BCUT2D eigenvalue weighted by atomic mass is 32.2. The molecule has 0 bridgehead atoms. The molecule has 0 unspecified atom stereocenters. The van der Waals surface area contributed by atoms with E-state index in [1.165, 1.54) is 30.8 Å². The number of hydrogen-bond acceptors (Lipinski definition) is 5. The van der Waals surface area contributed by atoms with Crippen molar-refractivity contribution in [1.82, 2.24) is 10.2 Å². The Morgan fingerprint density at radius 3 is 3.05 bits per heavy atom. The molecule has 0 atom stereocenters. The number of nitro groups is 1. The number of hydrogen-bond donors (Lipinski definition) is 1. The lowest BCUT2D eigenvalue weighted by Gasteiger charge is -1.91. The lowest BCUT2D eigenvalue weighted by Crippen LogP contribution is -1.87. The molecule has 0 amide bonds. The number of benzene rings is 1. The summed E-state index contributed by atoms with van der Waals surface area (Å²) >= 11 is 1.22. The summed E-state index contributed by atoms with van der Waals surface area (Å²) in [5.41, 5.74) is 1.20. The number of carbonyl (C=O) groups is 1. The second-order valence-electron chi connectivity index (χ2n) is 3.95. The van der Waals surface area contributed by atoms with Crippen molar-refractivity contribution in [2.75, 3.05) is 5.75 Å².